The maximum absolute atomic E-state index is 4.08. The molecule has 0 amide bonds. The Morgan fingerprint density at radius 2 is 2.12 bits per heavy atom. The summed E-state index contributed by atoms with van der Waals surface area (Å²) in [5.41, 5.74) is 1.30. The Morgan fingerprint density at radius 3 is 2.81 bits per heavy atom. The van der Waals surface area contributed by atoms with Crippen molar-refractivity contribution in [3.05, 3.63) is 48.5 Å². The van der Waals surface area contributed by atoms with Gasteiger partial charge in [0.15, 0.2) is 0 Å². The fourth-order valence-corrected chi connectivity index (χ4v) is 1.56. The zero-order valence-corrected chi connectivity index (χ0v) is 9.37. The van der Waals surface area contributed by atoms with Gasteiger partial charge in [0.1, 0.15) is 12.7 Å². The summed E-state index contributed by atoms with van der Waals surface area (Å²) in [4.78, 5) is 3.92. The molecule has 1 heterocycles. The molecule has 0 radical (unpaired) electrons. The van der Waals surface area contributed by atoms with E-state index in [1.165, 1.54) is 5.56 Å². The summed E-state index contributed by atoms with van der Waals surface area (Å²) in [6, 6.07) is 10.8. The summed E-state index contributed by atoms with van der Waals surface area (Å²) >= 11 is 0. The molecule has 0 aliphatic heterocycles. The zero-order chi connectivity index (χ0) is 11.2. The molecule has 0 saturated carbocycles. The van der Waals surface area contributed by atoms with Gasteiger partial charge in [-0.05, 0) is 12.5 Å². The normalized spacial score (nSPS) is 12.6. The SMILES string of the molecule is CC(Cn1cncn1)NCc1ccccc1. The predicted octanol–water partition coefficient (Wildman–Crippen LogP) is 1.46. The van der Waals surface area contributed by atoms with E-state index in [2.05, 4.69) is 46.6 Å². The summed E-state index contributed by atoms with van der Waals surface area (Å²) in [5, 5.41) is 7.53. The summed E-state index contributed by atoms with van der Waals surface area (Å²) in [6.45, 7) is 3.87. The third kappa shape index (κ3) is 3.17. The molecule has 1 aromatic heterocycles. The van der Waals surface area contributed by atoms with Crippen LogP contribution in [0.15, 0.2) is 43.0 Å². The second kappa shape index (κ2) is 5.42. The van der Waals surface area contributed by atoms with Crippen LogP contribution in [0.4, 0.5) is 0 Å². The van der Waals surface area contributed by atoms with Gasteiger partial charge in [-0.3, -0.25) is 4.68 Å². The molecule has 0 bridgehead atoms. The molecule has 2 aromatic rings. The first-order chi connectivity index (χ1) is 7.84. The highest BCUT2D eigenvalue weighted by atomic mass is 15.3. The Kier molecular flexibility index (Phi) is 3.66. The van der Waals surface area contributed by atoms with E-state index in [9.17, 15) is 0 Å². The second-order valence-electron chi connectivity index (χ2n) is 3.89. The van der Waals surface area contributed by atoms with E-state index in [1.807, 2.05) is 10.7 Å². The van der Waals surface area contributed by atoms with E-state index in [-0.39, 0.29) is 0 Å². The van der Waals surface area contributed by atoms with Crippen LogP contribution in [0.2, 0.25) is 0 Å². The van der Waals surface area contributed by atoms with Gasteiger partial charge in [-0.2, -0.15) is 5.10 Å². The minimum atomic E-state index is 0.377. The first-order valence-corrected chi connectivity index (χ1v) is 5.44. The lowest BCUT2D eigenvalue weighted by Crippen LogP contribution is -2.30. The molecule has 4 heteroatoms. The van der Waals surface area contributed by atoms with Gasteiger partial charge in [-0.25, -0.2) is 4.98 Å². The molecule has 2 rings (SSSR count). The smallest absolute Gasteiger partial charge is 0.137 e. The lowest BCUT2D eigenvalue weighted by Gasteiger charge is -2.13. The van der Waals surface area contributed by atoms with Crippen LogP contribution in [0, 0.1) is 0 Å². The van der Waals surface area contributed by atoms with Crippen LogP contribution in [0.25, 0.3) is 0 Å². The van der Waals surface area contributed by atoms with Gasteiger partial charge in [0.05, 0.1) is 6.54 Å². The topological polar surface area (TPSA) is 42.7 Å². The maximum atomic E-state index is 4.08. The molecule has 0 aliphatic carbocycles. The molecule has 0 fully saturated rings. The molecular weight excluding hydrogens is 200 g/mol. The third-order valence-corrected chi connectivity index (χ3v) is 2.42. The lowest BCUT2D eigenvalue weighted by atomic mass is 10.2. The van der Waals surface area contributed by atoms with E-state index >= 15 is 0 Å². The highest BCUT2D eigenvalue weighted by Crippen LogP contribution is 1.98. The molecule has 84 valence electrons. The minimum absolute atomic E-state index is 0.377. The monoisotopic (exact) mass is 216 g/mol. The number of hydrogen-bond acceptors (Lipinski definition) is 3. The van der Waals surface area contributed by atoms with Crippen LogP contribution in [-0.4, -0.2) is 20.8 Å². The highest BCUT2D eigenvalue weighted by molar-refractivity contribution is 5.14. The van der Waals surface area contributed by atoms with E-state index in [0.717, 1.165) is 13.1 Å². The van der Waals surface area contributed by atoms with Gasteiger partial charge in [0.2, 0.25) is 0 Å². The fourth-order valence-electron chi connectivity index (χ4n) is 1.56. The van der Waals surface area contributed by atoms with Crippen LogP contribution in [0.3, 0.4) is 0 Å². The average Bonchev–Trinajstić information content (AvgIpc) is 2.81. The van der Waals surface area contributed by atoms with Crippen molar-refractivity contribution in [3.8, 4) is 0 Å². The van der Waals surface area contributed by atoms with Crippen molar-refractivity contribution >= 4 is 0 Å². The third-order valence-electron chi connectivity index (χ3n) is 2.42. The largest absolute Gasteiger partial charge is 0.308 e. The Morgan fingerprint density at radius 1 is 1.31 bits per heavy atom. The zero-order valence-electron chi connectivity index (χ0n) is 9.37. The fraction of sp³-hybridized carbons (Fsp3) is 0.333. The van der Waals surface area contributed by atoms with Gasteiger partial charge < -0.3 is 5.32 Å². The molecule has 1 aromatic carbocycles. The molecule has 0 saturated heterocycles. The van der Waals surface area contributed by atoms with Gasteiger partial charge in [-0.15, -0.1) is 0 Å². The van der Waals surface area contributed by atoms with Gasteiger partial charge in [-0.1, -0.05) is 30.3 Å². The van der Waals surface area contributed by atoms with Gasteiger partial charge in [0.25, 0.3) is 0 Å². The first-order valence-electron chi connectivity index (χ1n) is 5.44. The van der Waals surface area contributed by atoms with Crippen molar-refractivity contribution in [1.82, 2.24) is 20.1 Å². The van der Waals surface area contributed by atoms with Crippen molar-refractivity contribution in [3.63, 3.8) is 0 Å². The van der Waals surface area contributed by atoms with E-state index < -0.39 is 0 Å². The molecule has 1 unspecified atom stereocenters. The molecule has 1 atom stereocenters. The highest BCUT2D eigenvalue weighted by Gasteiger charge is 2.02. The summed E-state index contributed by atoms with van der Waals surface area (Å²) in [5.74, 6) is 0. The summed E-state index contributed by atoms with van der Waals surface area (Å²) in [7, 11) is 0. The number of hydrogen-bond donors (Lipinski definition) is 1. The quantitative estimate of drug-likeness (QED) is 0.822. The van der Waals surface area contributed by atoms with E-state index in [1.54, 1.807) is 12.7 Å². The van der Waals surface area contributed by atoms with Crippen molar-refractivity contribution in [2.24, 2.45) is 0 Å². The van der Waals surface area contributed by atoms with E-state index in [0.29, 0.717) is 6.04 Å². The Labute approximate surface area is 95.3 Å². The van der Waals surface area contributed by atoms with Crippen molar-refractivity contribution in [2.45, 2.75) is 26.1 Å². The molecule has 4 nitrogen and oxygen atoms in total. The Balaban J connectivity index is 1.78. The minimum Gasteiger partial charge on any atom is -0.308 e. The number of rotatable bonds is 5. The lowest BCUT2D eigenvalue weighted by molar-refractivity contribution is 0.450. The standard InChI is InChI=1S/C12H16N4/c1-11(8-16-10-13-9-15-16)14-7-12-5-3-2-4-6-12/h2-6,9-11,14H,7-8H2,1H3. The van der Waals surface area contributed by atoms with E-state index in [4.69, 9.17) is 0 Å². The van der Waals surface area contributed by atoms with Crippen molar-refractivity contribution < 1.29 is 0 Å². The first kappa shape index (κ1) is 10.8. The Bertz CT molecular complexity index is 396. The van der Waals surface area contributed by atoms with Crippen LogP contribution in [0.1, 0.15) is 12.5 Å². The maximum Gasteiger partial charge on any atom is 0.137 e. The number of benzene rings is 1. The van der Waals surface area contributed by atoms with Gasteiger partial charge >= 0.3 is 0 Å². The van der Waals surface area contributed by atoms with Gasteiger partial charge in [0, 0.05) is 12.6 Å². The van der Waals surface area contributed by atoms with Crippen molar-refractivity contribution in [1.29, 1.82) is 0 Å². The number of nitrogens with zero attached hydrogens (tertiary/aromatic N) is 3. The van der Waals surface area contributed by atoms with Crippen molar-refractivity contribution in [2.75, 3.05) is 0 Å². The van der Waals surface area contributed by atoms with Crippen LogP contribution in [-0.2, 0) is 13.1 Å². The molecule has 16 heavy (non-hydrogen) atoms. The van der Waals surface area contributed by atoms with Crippen LogP contribution < -0.4 is 5.32 Å². The predicted molar refractivity (Wildman–Crippen MR) is 62.8 cm³/mol. The number of nitrogens with one attached hydrogen (secondary N) is 1. The molecule has 1 N–H and O–H groups in total. The number of aromatic nitrogens is 3. The summed E-state index contributed by atoms with van der Waals surface area (Å²) < 4.78 is 1.84. The Hall–Kier alpha value is -1.68. The summed E-state index contributed by atoms with van der Waals surface area (Å²) in [6.07, 6.45) is 3.30. The average molecular weight is 216 g/mol. The molecular formula is C12H16N4. The molecule has 0 aliphatic rings. The second-order valence-corrected chi connectivity index (χ2v) is 3.89. The van der Waals surface area contributed by atoms with Crippen LogP contribution >= 0.6 is 0 Å². The molecule has 0 spiro atoms. The van der Waals surface area contributed by atoms with Crippen LogP contribution in [0.5, 0.6) is 0 Å².